The summed E-state index contributed by atoms with van der Waals surface area (Å²) >= 11 is 0. The number of rotatable bonds is 5. The van der Waals surface area contributed by atoms with Crippen molar-refractivity contribution in [3.63, 3.8) is 0 Å². The molecule has 1 aromatic carbocycles. The van der Waals surface area contributed by atoms with E-state index in [1.807, 2.05) is 26.0 Å². The number of ether oxygens (including phenoxy) is 2. The molecule has 2 aromatic rings. The SMILES string of the molecule is CC(C)Oc1cc2c(OC3CCCN(C)C3)ccnc2cc1C(N)=O. The molecule has 1 atom stereocenters. The van der Waals surface area contributed by atoms with Crippen LogP contribution in [0.4, 0.5) is 0 Å². The highest BCUT2D eigenvalue weighted by molar-refractivity contribution is 6.01. The van der Waals surface area contributed by atoms with E-state index in [9.17, 15) is 4.79 Å². The van der Waals surface area contributed by atoms with Gasteiger partial charge in [0.1, 0.15) is 17.6 Å². The predicted molar refractivity (Wildman–Crippen MR) is 97.2 cm³/mol. The molecular formula is C19H25N3O3. The van der Waals surface area contributed by atoms with Crippen LogP contribution in [0.5, 0.6) is 11.5 Å². The van der Waals surface area contributed by atoms with E-state index in [-0.39, 0.29) is 12.2 Å². The van der Waals surface area contributed by atoms with Gasteiger partial charge in [-0.1, -0.05) is 0 Å². The molecule has 1 aromatic heterocycles. The van der Waals surface area contributed by atoms with Crippen molar-refractivity contribution in [1.29, 1.82) is 0 Å². The van der Waals surface area contributed by atoms with Crippen LogP contribution < -0.4 is 15.2 Å². The van der Waals surface area contributed by atoms with E-state index in [1.54, 1.807) is 12.3 Å². The second kappa shape index (κ2) is 7.27. The number of carbonyl (C=O) groups is 1. The van der Waals surface area contributed by atoms with Gasteiger partial charge in [-0.2, -0.15) is 0 Å². The van der Waals surface area contributed by atoms with E-state index in [4.69, 9.17) is 15.2 Å². The third-order valence-electron chi connectivity index (χ3n) is 4.31. The molecule has 25 heavy (non-hydrogen) atoms. The molecule has 2 N–H and O–H groups in total. The number of primary amides is 1. The molecule has 134 valence electrons. The molecule has 1 saturated heterocycles. The molecule has 6 nitrogen and oxygen atoms in total. The van der Waals surface area contributed by atoms with Crippen molar-refractivity contribution < 1.29 is 14.3 Å². The van der Waals surface area contributed by atoms with Gasteiger partial charge in [-0.25, -0.2) is 0 Å². The highest BCUT2D eigenvalue weighted by atomic mass is 16.5. The average Bonchev–Trinajstić information content (AvgIpc) is 2.54. The van der Waals surface area contributed by atoms with Crippen molar-refractivity contribution in [1.82, 2.24) is 9.88 Å². The van der Waals surface area contributed by atoms with Gasteiger partial charge in [0.2, 0.25) is 0 Å². The second-order valence-corrected chi connectivity index (χ2v) is 6.85. The number of likely N-dealkylation sites (tertiary alicyclic amines) is 1. The summed E-state index contributed by atoms with van der Waals surface area (Å²) in [5.41, 5.74) is 6.51. The number of piperidine rings is 1. The predicted octanol–water partition coefficient (Wildman–Crippen LogP) is 2.59. The van der Waals surface area contributed by atoms with Crippen molar-refractivity contribution in [2.24, 2.45) is 5.73 Å². The second-order valence-electron chi connectivity index (χ2n) is 6.85. The minimum Gasteiger partial charge on any atom is -0.490 e. The Labute approximate surface area is 147 Å². The van der Waals surface area contributed by atoms with Crippen LogP contribution in [0.1, 0.15) is 37.0 Å². The number of hydrogen-bond acceptors (Lipinski definition) is 5. The number of fused-ring (bicyclic) bond motifs is 1. The summed E-state index contributed by atoms with van der Waals surface area (Å²) in [5, 5.41) is 0.830. The Morgan fingerprint density at radius 3 is 2.84 bits per heavy atom. The first-order chi connectivity index (χ1) is 11.9. The van der Waals surface area contributed by atoms with E-state index in [0.29, 0.717) is 16.8 Å². The van der Waals surface area contributed by atoms with Crippen LogP contribution in [0, 0.1) is 0 Å². The largest absolute Gasteiger partial charge is 0.490 e. The van der Waals surface area contributed by atoms with Gasteiger partial charge in [-0.3, -0.25) is 9.78 Å². The number of carbonyl (C=O) groups excluding carboxylic acids is 1. The Balaban J connectivity index is 2.00. The number of likely N-dealkylation sites (N-methyl/N-ethyl adjacent to an activating group) is 1. The monoisotopic (exact) mass is 343 g/mol. The molecule has 0 bridgehead atoms. The summed E-state index contributed by atoms with van der Waals surface area (Å²) in [4.78, 5) is 18.4. The van der Waals surface area contributed by atoms with Crippen LogP contribution in [-0.4, -0.2) is 48.1 Å². The zero-order valence-electron chi connectivity index (χ0n) is 15.0. The molecule has 1 fully saturated rings. The third kappa shape index (κ3) is 4.02. The molecule has 1 unspecified atom stereocenters. The molecule has 2 heterocycles. The highest BCUT2D eigenvalue weighted by Crippen LogP contribution is 2.32. The van der Waals surface area contributed by atoms with E-state index in [0.717, 1.165) is 37.1 Å². The van der Waals surface area contributed by atoms with Crippen LogP contribution >= 0.6 is 0 Å². The van der Waals surface area contributed by atoms with Crippen LogP contribution in [0.15, 0.2) is 24.4 Å². The van der Waals surface area contributed by atoms with Crippen molar-refractivity contribution >= 4 is 16.8 Å². The summed E-state index contributed by atoms with van der Waals surface area (Å²) in [7, 11) is 2.11. The third-order valence-corrected chi connectivity index (χ3v) is 4.31. The molecule has 3 rings (SSSR count). The Morgan fingerprint density at radius 2 is 2.16 bits per heavy atom. The lowest BCUT2D eigenvalue weighted by Crippen LogP contribution is -2.38. The average molecular weight is 343 g/mol. The van der Waals surface area contributed by atoms with E-state index in [1.165, 1.54) is 0 Å². The summed E-state index contributed by atoms with van der Waals surface area (Å²) in [6.07, 6.45) is 3.93. The maximum absolute atomic E-state index is 11.8. The van der Waals surface area contributed by atoms with Gasteiger partial charge in [0, 0.05) is 18.1 Å². The summed E-state index contributed by atoms with van der Waals surface area (Å²) in [6, 6.07) is 5.35. The maximum Gasteiger partial charge on any atom is 0.252 e. The molecule has 1 aliphatic heterocycles. The molecule has 0 aliphatic carbocycles. The fourth-order valence-corrected chi connectivity index (χ4v) is 3.19. The lowest BCUT2D eigenvalue weighted by atomic mass is 10.1. The fraction of sp³-hybridized carbons (Fsp3) is 0.474. The lowest BCUT2D eigenvalue weighted by Gasteiger charge is -2.30. The minimum atomic E-state index is -0.528. The van der Waals surface area contributed by atoms with Crippen molar-refractivity contribution in [3.05, 3.63) is 30.0 Å². The summed E-state index contributed by atoms with van der Waals surface area (Å²) < 4.78 is 12.0. The molecular weight excluding hydrogens is 318 g/mol. The topological polar surface area (TPSA) is 77.7 Å². The number of nitrogens with zero attached hydrogens (tertiary/aromatic N) is 2. The highest BCUT2D eigenvalue weighted by Gasteiger charge is 2.21. The normalized spacial score (nSPS) is 18.5. The number of pyridine rings is 1. The summed E-state index contributed by atoms with van der Waals surface area (Å²) in [6.45, 7) is 5.82. The van der Waals surface area contributed by atoms with Crippen LogP contribution in [0.2, 0.25) is 0 Å². The van der Waals surface area contributed by atoms with Crippen LogP contribution in [-0.2, 0) is 0 Å². The zero-order valence-corrected chi connectivity index (χ0v) is 15.0. The van der Waals surface area contributed by atoms with Crippen LogP contribution in [0.25, 0.3) is 10.9 Å². The lowest BCUT2D eigenvalue weighted by molar-refractivity contribution is 0.0994. The zero-order chi connectivity index (χ0) is 18.0. The van der Waals surface area contributed by atoms with E-state index < -0.39 is 5.91 Å². The van der Waals surface area contributed by atoms with Gasteiger partial charge >= 0.3 is 0 Å². The van der Waals surface area contributed by atoms with E-state index in [2.05, 4.69) is 16.9 Å². The van der Waals surface area contributed by atoms with Crippen LogP contribution in [0.3, 0.4) is 0 Å². The van der Waals surface area contributed by atoms with Gasteiger partial charge in [0.15, 0.2) is 0 Å². The molecule has 0 saturated carbocycles. The van der Waals surface area contributed by atoms with Crippen molar-refractivity contribution in [2.75, 3.05) is 20.1 Å². The Bertz CT molecular complexity index is 776. The number of hydrogen-bond donors (Lipinski definition) is 1. The smallest absolute Gasteiger partial charge is 0.252 e. The van der Waals surface area contributed by atoms with E-state index >= 15 is 0 Å². The van der Waals surface area contributed by atoms with Gasteiger partial charge < -0.3 is 20.1 Å². The fourth-order valence-electron chi connectivity index (χ4n) is 3.19. The standard InChI is InChI=1S/C19H25N3O3/c1-12(2)24-18-10-14-16(9-15(18)19(20)23)21-7-6-17(14)25-13-5-4-8-22(3)11-13/h6-7,9-10,12-13H,4-5,8,11H2,1-3H3,(H2,20,23). The maximum atomic E-state index is 11.8. The first-order valence-corrected chi connectivity index (χ1v) is 8.68. The first-order valence-electron chi connectivity index (χ1n) is 8.68. The molecule has 0 spiro atoms. The Kier molecular flexibility index (Phi) is 5.08. The Hall–Kier alpha value is -2.34. The number of nitrogens with two attached hydrogens (primary N) is 1. The molecule has 1 aliphatic rings. The van der Waals surface area contributed by atoms with Crippen molar-refractivity contribution in [3.8, 4) is 11.5 Å². The Morgan fingerprint density at radius 1 is 1.36 bits per heavy atom. The molecule has 1 amide bonds. The number of amides is 1. The summed E-state index contributed by atoms with van der Waals surface area (Å²) in [5.74, 6) is 0.697. The van der Waals surface area contributed by atoms with Gasteiger partial charge in [-0.15, -0.1) is 0 Å². The number of benzene rings is 1. The number of aromatic nitrogens is 1. The van der Waals surface area contributed by atoms with Gasteiger partial charge in [0.05, 0.1) is 17.2 Å². The first kappa shape index (κ1) is 17.5. The molecule has 6 heteroatoms. The van der Waals surface area contributed by atoms with Crippen molar-refractivity contribution in [2.45, 2.75) is 38.9 Å². The minimum absolute atomic E-state index is 0.0661. The van der Waals surface area contributed by atoms with Gasteiger partial charge in [-0.05, 0) is 58.5 Å². The van der Waals surface area contributed by atoms with Gasteiger partial charge in [0.25, 0.3) is 5.91 Å². The quantitative estimate of drug-likeness (QED) is 0.903. The molecule has 0 radical (unpaired) electrons.